The van der Waals surface area contributed by atoms with Crippen LogP contribution in [0.2, 0.25) is 0 Å². The van der Waals surface area contributed by atoms with Crippen molar-refractivity contribution < 1.29 is 0 Å². The van der Waals surface area contributed by atoms with Crippen molar-refractivity contribution in [2.24, 2.45) is 0 Å². The summed E-state index contributed by atoms with van der Waals surface area (Å²) in [7, 11) is 0. The molecule has 2 atom stereocenters. The highest BCUT2D eigenvalue weighted by atomic mass is 15.2. The van der Waals surface area contributed by atoms with Crippen LogP contribution in [0, 0.1) is 0 Å². The zero-order valence-electron chi connectivity index (χ0n) is 43.9. The molecule has 14 aromatic carbocycles. The lowest BCUT2D eigenvalue weighted by Crippen LogP contribution is -2.50. The van der Waals surface area contributed by atoms with E-state index in [0.717, 1.165) is 34.1 Å². The third kappa shape index (κ3) is 6.54. The van der Waals surface area contributed by atoms with Crippen LogP contribution in [0.25, 0.3) is 65.3 Å². The Morgan fingerprint density at radius 3 is 0.825 bits per heavy atom. The Morgan fingerprint density at radius 2 is 0.475 bits per heavy atom. The monoisotopic (exact) mass is 1020 g/mol. The lowest BCUT2D eigenvalue weighted by molar-refractivity contribution is 0.437. The predicted molar refractivity (Wildman–Crippen MR) is 336 cm³/mol. The average molecular weight is 1020 g/mol. The molecule has 2 aliphatic rings. The Kier molecular flexibility index (Phi) is 10.4. The van der Waals surface area contributed by atoms with Crippen LogP contribution in [-0.4, -0.2) is 0 Å². The fourth-order valence-electron chi connectivity index (χ4n) is 14.5. The lowest BCUT2D eigenvalue weighted by Gasteiger charge is -2.51. The Bertz CT molecular complexity index is 4270. The van der Waals surface area contributed by atoms with E-state index in [-0.39, 0.29) is 0 Å². The molecule has 0 N–H and O–H groups in total. The third-order valence-corrected chi connectivity index (χ3v) is 17.6. The molecule has 16 rings (SSSR count). The van der Waals surface area contributed by atoms with Gasteiger partial charge in [0.05, 0.1) is 33.6 Å². The van der Waals surface area contributed by atoms with Gasteiger partial charge in [-0.1, -0.05) is 267 Å². The van der Waals surface area contributed by atoms with Crippen molar-refractivity contribution in [1.29, 1.82) is 0 Å². The summed E-state index contributed by atoms with van der Waals surface area (Å²) in [6.45, 7) is 0. The molecule has 2 heteroatoms. The number of hydrogen-bond acceptors (Lipinski definition) is 2. The minimum absolute atomic E-state index is 0.857. The summed E-state index contributed by atoms with van der Waals surface area (Å²) in [4.78, 5) is 5.06. The largest absolute Gasteiger partial charge is 0.309 e. The number of hydrogen-bond donors (Lipinski definition) is 0. The van der Waals surface area contributed by atoms with Crippen LogP contribution in [0.15, 0.2) is 315 Å². The third-order valence-electron chi connectivity index (χ3n) is 17.6. The quantitative estimate of drug-likeness (QED) is 0.142. The molecule has 2 unspecified atom stereocenters. The molecule has 0 bridgehead atoms. The van der Waals surface area contributed by atoms with Gasteiger partial charge in [0.25, 0.3) is 0 Å². The molecular formula is C78H52N2. The van der Waals surface area contributed by atoms with E-state index in [9.17, 15) is 0 Å². The minimum Gasteiger partial charge on any atom is -0.309 e. The Balaban J connectivity index is 1.06. The average Bonchev–Trinajstić information content (AvgIpc) is 2.23. The molecule has 0 spiro atoms. The molecule has 0 radical (unpaired) electrons. The van der Waals surface area contributed by atoms with Crippen LogP contribution < -0.4 is 9.80 Å². The fourth-order valence-corrected chi connectivity index (χ4v) is 14.5. The number of nitrogens with zero attached hydrogens (tertiary/aromatic N) is 2. The lowest BCUT2D eigenvalue weighted by atomic mass is 9.49. The van der Waals surface area contributed by atoms with E-state index in [4.69, 9.17) is 0 Å². The van der Waals surface area contributed by atoms with Crippen molar-refractivity contribution in [3.05, 3.63) is 349 Å². The van der Waals surface area contributed by atoms with E-state index in [1.807, 2.05) is 0 Å². The van der Waals surface area contributed by atoms with Crippen LogP contribution in [0.5, 0.6) is 0 Å². The molecule has 2 aliphatic carbocycles. The summed E-state index contributed by atoms with van der Waals surface area (Å²) in [5.41, 5.74) is 17.4. The van der Waals surface area contributed by atoms with Crippen molar-refractivity contribution >= 4 is 77.2 Å². The molecule has 0 heterocycles. The highest BCUT2D eigenvalue weighted by molar-refractivity contribution is 6.08. The Morgan fingerprint density at radius 1 is 0.200 bits per heavy atom. The molecule has 80 heavy (non-hydrogen) atoms. The second kappa shape index (κ2) is 18.2. The first-order valence-corrected chi connectivity index (χ1v) is 27.8. The van der Waals surface area contributed by atoms with Gasteiger partial charge in [0.15, 0.2) is 0 Å². The van der Waals surface area contributed by atoms with Gasteiger partial charge in [-0.05, 0) is 126 Å². The van der Waals surface area contributed by atoms with Gasteiger partial charge in [-0.15, -0.1) is 0 Å². The van der Waals surface area contributed by atoms with Gasteiger partial charge in [-0.25, -0.2) is 0 Å². The molecule has 0 aliphatic heterocycles. The van der Waals surface area contributed by atoms with Crippen molar-refractivity contribution in [3.8, 4) is 22.3 Å². The van der Waals surface area contributed by atoms with E-state index in [2.05, 4.69) is 325 Å². The number of benzene rings is 14. The molecule has 0 amide bonds. The smallest absolute Gasteiger partial charge is 0.0642 e. The standard InChI is InChI=1S/C78H52N2/c1-3-31-57(32-4-1)77(69-41-17-15-39-65(69)67-49-47-59(51-71(67)77)79(73-43-19-27-53-23-7-11-35-61(53)73)74-44-20-28-54-24-8-12-36-62(54)74)78(58-33-5-2-6-34-58)70-42-18-16-40-66(70)68-50-48-60(52-72(68)78)80(75-45-21-29-55-25-9-13-37-63(55)75)76-46-22-30-56-26-10-14-38-64(56)76/h1-52H. The second-order valence-electron chi connectivity index (χ2n) is 21.4. The first kappa shape index (κ1) is 45.9. The van der Waals surface area contributed by atoms with Gasteiger partial charge in [-0.3, -0.25) is 0 Å². The van der Waals surface area contributed by atoms with E-state index in [1.54, 1.807) is 0 Å². The number of fused-ring (bicyclic) bond motifs is 10. The van der Waals surface area contributed by atoms with Gasteiger partial charge in [0.2, 0.25) is 0 Å². The molecule has 14 aromatic rings. The van der Waals surface area contributed by atoms with Gasteiger partial charge in [-0.2, -0.15) is 0 Å². The van der Waals surface area contributed by atoms with Crippen molar-refractivity contribution in [3.63, 3.8) is 0 Å². The summed E-state index contributed by atoms with van der Waals surface area (Å²) in [5, 5.41) is 9.54. The predicted octanol–water partition coefficient (Wildman–Crippen LogP) is 20.6. The van der Waals surface area contributed by atoms with Gasteiger partial charge < -0.3 is 9.80 Å². The van der Waals surface area contributed by atoms with Crippen molar-refractivity contribution in [1.82, 2.24) is 0 Å². The van der Waals surface area contributed by atoms with Gasteiger partial charge >= 0.3 is 0 Å². The maximum absolute atomic E-state index is 2.57. The zero-order chi connectivity index (χ0) is 52.8. The first-order chi connectivity index (χ1) is 39.7. The van der Waals surface area contributed by atoms with E-state index >= 15 is 0 Å². The molecule has 374 valence electrons. The molecule has 0 fully saturated rings. The summed E-state index contributed by atoms with van der Waals surface area (Å²) in [6, 6.07) is 118. The van der Waals surface area contributed by atoms with Crippen LogP contribution in [0.3, 0.4) is 0 Å². The molecule has 2 nitrogen and oxygen atoms in total. The van der Waals surface area contributed by atoms with Crippen LogP contribution >= 0.6 is 0 Å². The number of anilines is 6. The molecule has 0 saturated carbocycles. The van der Waals surface area contributed by atoms with Crippen molar-refractivity contribution in [2.75, 3.05) is 9.80 Å². The Labute approximate surface area is 466 Å². The molecule has 0 aromatic heterocycles. The van der Waals surface area contributed by atoms with Crippen LogP contribution in [0.4, 0.5) is 34.1 Å². The Hall–Kier alpha value is -10.3. The topological polar surface area (TPSA) is 6.48 Å². The highest BCUT2D eigenvalue weighted by Crippen LogP contribution is 2.70. The maximum Gasteiger partial charge on any atom is 0.0642 e. The first-order valence-electron chi connectivity index (χ1n) is 27.8. The van der Waals surface area contributed by atoms with Crippen molar-refractivity contribution in [2.45, 2.75) is 10.8 Å². The SMILES string of the molecule is c1ccc(C2(C3(c4ccccc4)c4ccccc4-c4ccc(N(c5cccc6ccccc56)c5cccc6ccccc56)cc43)c3ccccc3-c3ccc(N(c4cccc5ccccc45)c4cccc5ccccc45)cc32)cc1. The van der Waals surface area contributed by atoms with Crippen LogP contribution in [0.1, 0.15) is 33.4 Å². The summed E-state index contributed by atoms with van der Waals surface area (Å²) >= 11 is 0. The van der Waals surface area contributed by atoms with Gasteiger partial charge in [0.1, 0.15) is 0 Å². The summed E-state index contributed by atoms with van der Waals surface area (Å²) < 4.78 is 0. The van der Waals surface area contributed by atoms with Crippen LogP contribution in [-0.2, 0) is 10.8 Å². The second-order valence-corrected chi connectivity index (χ2v) is 21.4. The zero-order valence-corrected chi connectivity index (χ0v) is 43.9. The maximum atomic E-state index is 2.57. The highest BCUT2D eigenvalue weighted by Gasteiger charge is 2.64. The van der Waals surface area contributed by atoms with E-state index in [1.165, 1.54) is 98.7 Å². The molecule has 0 saturated heterocycles. The summed E-state index contributed by atoms with van der Waals surface area (Å²) in [5.74, 6) is 0. The summed E-state index contributed by atoms with van der Waals surface area (Å²) in [6.07, 6.45) is 0. The number of rotatable bonds is 9. The van der Waals surface area contributed by atoms with E-state index in [0.29, 0.717) is 0 Å². The minimum atomic E-state index is -0.857. The van der Waals surface area contributed by atoms with Gasteiger partial charge in [0, 0.05) is 32.9 Å². The fraction of sp³-hybridized carbons (Fsp3) is 0.0256. The molecular weight excluding hydrogens is 965 g/mol. The normalized spacial score (nSPS) is 15.8. The van der Waals surface area contributed by atoms with E-state index < -0.39 is 10.8 Å².